The molecule has 4 rings (SSSR count). The van der Waals surface area contributed by atoms with E-state index in [-0.39, 0.29) is 17.2 Å². The quantitative estimate of drug-likeness (QED) is 0.776. The summed E-state index contributed by atoms with van der Waals surface area (Å²) in [7, 11) is 0. The Morgan fingerprint density at radius 2 is 1.85 bits per heavy atom. The van der Waals surface area contributed by atoms with Crippen molar-refractivity contribution >= 4 is 33.6 Å². The molecule has 26 heavy (non-hydrogen) atoms. The lowest BCUT2D eigenvalue weighted by atomic mass is 9.74. The van der Waals surface area contributed by atoms with Gasteiger partial charge in [0.2, 0.25) is 5.91 Å². The van der Waals surface area contributed by atoms with E-state index >= 15 is 0 Å². The fourth-order valence-corrected chi connectivity index (χ4v) is 4.50. The SMILES string of the molecule is C[C@@H]1CN2c3ccccc3C(C)(C)[C@]2(/C=C/c2ccc(Br)cc2)NC1=O. The summed E-state index contributed by atoms with van der Waals surface area (Å²) >= 11 is 3.48. The third kappa shape index (κ3) is 2.43. The summed E-state index contributed by atoms with van der Waals surface area (Å²) in [5, 5.41) is 3.35. The van der Waals surface area contributed by atoms with Crippen molar-refractivity contribution in [1.82, 2.24) is 5.32 Å². The van der Waals surface area contributed by atoms with Gasteiger partial charge in [-0.3, -0.25) is 4.79 Å². The summed E-state index contributed by atoms with van der Waals surface area (Å²) in [4.78, 5) is 15.0. The lowest BCUT2D eigenvalue weighted by Gasteiger charge is -2.50. The summed E-state index contributed by atoms with van der Waals surface area (Å²) in [5.74, 6) is 0.0775. The van der Waals surface area contributed by atoms with Gasteiger partial charge in [0.1, 0.15) is 5.66 Å². The number of hydrogen-bond acceptors (Lipinski definition) is 2. The number of amides is 1. The maximum absolute atomic E-state index is 12.7. The van der Waals surface area contributed by atoms with Crippen molar-refractivity contribution in [3.05, 3.63) is 70.2 Å². The van der Waals surface area contributed by atoms with Crippen LogP contribution in [0.4, 0.5) is 5.69 Å². The number of rotatable bonds is 2. The second-order valence-electron chi connectivity index (χ2n) is 7.79. The molecule has 0 unspecified atom stereocenters. The van der Waals surface area contributed by atoms with Crippen molar-refractivity contribution in [3.8, 4) is 0 Å². The van der Waals surface area contributed by atoms with E-state index in [1.165, 1.54) is 11.3 Å². The van der Waals surface area contributed by atoms with Crippen LogP contribution < -0.4 is 10.2 Å². The van der Waals surface area contributed by atoms with Crippen molar-refractivity contribution in [2.45, 2.75) is 31.8 Å². The van der Waals surface area contributed by atoms with Gasteiger partial charge in [-0.25, -0.2) is 0 Å². The zero-order valence-corrected chi connectivity index (χ0v) is 16.9. The summed E-state index contributed by atoms with van der Waals surface area (Å²) in [5.41, 5.74) is 2.79. The first-order valence-electron chi connectivity index (χ1n) is 8.99. The molecule has 4 heteroatoms. The van der Waals surface area contributed by atoms with Gasteiger partial charge in [-0.05, 0) is 35.4 Å². The van der Waals surface area contributed by atoms with Crippen LogP contribution in [0.3, 0.4) is 0 Å². The maximum Gasteiger partial charge on any atom is 0.226 e. The molecule has 0 aromatic heterocycles. The normalized spacial score (nSPS) is 26.5. The number of nitrogens with zero attached hydrogens (tertiary/aromatic N) is 1. The number of hydrogen-bond donors (Lipinski definition) is 1. The molecule has 2 aliphatic rings. The fraction of sp³-hybridized carbons (Fsp3) is 0.318. The minimum absolute atomic E-state index is 0.0360. The highest BCUT2D eigenvalue weighted by molar-refractivity contribution is 9.10. The molecule has 2 aromatic rings. The third-order valence-corrected chi connectivity index (χ3v) is 6.38. The highest BCUT2D eigenvalue weighted by Crippen LogP contribution is 2.52. The Kier molecular flexibility index (Phi) is 3.99. The van der Waals surface area contributed by atoms with E-state index in [0.717, 1.165) is 16.6 Å². The molecule has 1 N–H and O–H groups in total. The Labute approximate surface area is 163 Å². The van der Waals surface area contributed by atoms with Gasteiger partial charge in [0.15, 0.2) is 0 Å². The number of nitrogens with one attached hydrogen (secondary N) is 1. The van der Waals surface area contributed by atoms with Crippen molar-refractivity contribution < 1.29 is 4.79 Å². The number of carbonyl (C=O) groups is 1. The highest BCUT2D eigenvalue weighted by Gasteiger charge is 2.58. The minimum Gasteiger partial charge on any atom is -0.344 e. The number of para-hydroxylation sites is 1. The van der Waals surface area contributed by atoms with Gasteiger partial charge in [0.25, 0.3) is 0 Å². The number of halogens is 1. The maximum atomic E-state index is 12.7. The van der Waals surface area contributed by atoms with Crippen LogP contribution in [0.1, 0.15) is 31.9 Å². The molecule has 2 heterocycles. The molecule has 0 spiro atoms. The molecule has 0 bridgehead atoms. The predicted molar refractivity (Wildman–Crippen MR) is 110 cm³/mol. The molecule has 1 saturated heterocycles. The second kappa shape index (κ2) is 5.98. The van der Waals surface area contributed by atoms with Gasteiger partial charge in [0, 0.05) is 22.1 Å². The van der Waals surface area contributed by atoms with E-state index in [2.05, 4.69) is 88.5 Å². The van der Waals surface area contributed by atoms with Crippen LogP contribution in [-0.4, -0.2) is 18.1 Å². The summed E-state index contributed by atoms with van der Waals surface area (Å²) in [6.07, 6.45) is 4.28. The second-order valence-corrected chi connectivity index (χ2v) is 8.71. The molecule has 0 saturated carbocycles. The Morgan fingerprint density at radius 3 is 2.58 bits per heavy atom. The van der Waals surface area contributed by atoms with Crippen LogP contribution in [0.15, 0.2) is 59.1 Å². The average Bonchev–Trinajstić information content (AvgIpc) is 2.81. The predicted octanol–water partition coefficient (Wildman–Crippen LogP) is 4.72. The Hall–Kier alpha value is -2.07. The number of benzene rings is 2. The van der Waals surface area contributed by atoms with E-state index in [1.54, 1.807) is 0 Å². The lowest BCUT2D eigenvalue weighted by molar-refractivity contribution is -0.128. The van der Waals surface area contributed by atoms with Crippen LogP contribution in [0.5, 0.6) is 0 Å². The standard InChI is InChI=1S/C22H23BrN2O/c1-15-14-25-19-7-5-4-6-18(19)21(2,3)22(25,24-20(15)26)13-12-16-8-10-17(23)11-9-16/h4-13,15H,14H2,1-3H3,(H,24,26)/b13-12+/t15-,22-/m1/s1. The van der Waals surface area contributed by atoms with Crippen molar-refractivity contribution in [1.29, 1.82) is 0 Å². The van der Waals surface area contributed by atoms with Gasteiger partial charge in [0.05, 0.1) is 5.92 Å². The van der Waals surface area contributed by atoms with E-state index in [9.17, 15) is 4.79 Å². The molecule has 2 atom stereocenters. The molecular weight excluding hydrogens is 388 g/mol. The van der Waals surface area contributed by atoms with Crippen LogP contribution in [-0.2, 0) is 10.2 Å². The largest absolute Gasteiger partial charge is 0.344 e. The zero-order valence-electron chi connectivity index (χ0n) is 15.3. The van der Waals surface area contributed by atoms with E-state index in [0.29, 0.717) is 0 Å². The van der Waals surface area contributed by atoms with E-state index < -0.39 is 5.66 Å². The van der Waals surface area contributed by atoms with Gasteiger partial charge < -0.3 is 10.2 Å². The first-order chi connectivity index (χ1) is 12.3. The van der Waals surface area contributed by atoms with Gasteiger partial charge in [-0.2, -0.15) is 0 Å². The molecule has 2 aromatic carbocycles. The van der Waals surface area contributed by atoms with Gasteiger partial charge in [-0.15, -0.1) is 0 Å². The fourth-order valence-electron chi connectivity index (χ4n) is 4.23. The molecule has 134 valence electrons. The minimum atomic E-state index is -0.562. The topological polar surface area (TPSA) is 32.3 Å². The molecule has 1 fully saturated rings. The lowest BCUT2D eigenvalue weighted by Crippen LogP contribution is -2.70. The van der Waals surface area contributed by atoms with Crippen molar-refractivity contribution in [2.75, 3.05) is 11.4 Å². The molecular formula is C22H23BrN2O. The van der Waals surface area contributed by atoms with Gasteiger partial charge >= 0.3 is 0 Å². The summed E-state index contributed by atoms with van der Waals surface area (Å²) in [6.45, 7) is 7.14. The van der Waals surface area contributed by atoms with Crippen molar-refractivity contribution in [2.24, 2.45) is 5.92 Å². The van der Waals surface area contributed by atoms with E-state index in [4.69, 9.17) is 0 Å². The number of anilines is 1. The third-order valence-electron chi connectivity index (χ3n) is 5.85. The smallest absolute Gasteiger partial charge is 0.226 e. The zero-order chi connectivity index (χ0) is 18.5. The molecule has 3 nitrogen and oxygen atoms in total. The van der Waals surface area contributed by atoms with Crippen LogP contribution in [0.25, 0.3) is 6.08 Å². The van der Waals surface area contributed by atoms with Crippen LogP contribution >= 0.6 is 15.9 Å². The molecule has 0 radical (unpaired) electrons. The number of fused-ring (bicyclic) bond motifs is 3. The Morgan fingerprint density at radius 1 is 1.15 bits per heavy atom. The molecule has 1 amide bonds. The number of carbonyl (C=O) groups excluding carboxylic acids is 1. The average molecular weight is 411 g/mol. The summed E-state index contributed by atoms with van der Waals surface area (Å²) < 4.78 is 1.06. The molecule has 2 aliphatic heterocycles. The monoisotopic (exact) mass is 410 g/mol. The molecule has 0 aliphatic carbocycles. The van der Waals surface area contributed by atoms with Crippen LogP contribution in [0, 0.1) is 5.92 Å². The first-order valence-corrected chi connectivity index (χ1v) is 9.78. The Bertz CT molecular complexity index is 887. The van der Waals surface area contributed by atoms with E-state index in [1.807, 2.05) is 19.1 Å². The first kappa shape index (κ1) is 17.3. The van der Waals surface area contributed by atoms with Crippen molar-refractivity contribution in [3.63, 3.8) is 0 Å². The Balaban J connectivity index is 1.84. The van der Waals surface area contributed by atoms with Crippen LogP contribution in [0.2, 0.25) is 0 Å². The van der Waals surface area contributed by atoms with Gasteiger partial charge in [-0.1, -0.05) is 73.1 Å². The highest BCUT2D eigenvalue weighted by atomic mass is 79.9. The summed E-state index contributed by atoms with van der Waals surface area (Å²) in [6, 6.07) is 16.7.